The predicted molar refractivity (Wildman–Crippen MR) is 39.4 cm³/mol. The van der Waals surface area contributed by atoms with Crippen LogP contribution >= 0.6 is 0 Å². The molecule has 4 nitrogen and oxygen atoms in total. The molecule has 0 amide bonds. The zero-order valence-corrected chi connectivity index (χ0v) is 6.44. The van der Waals surface area contributed by atoms with E-state index in [9.17, 15) is 5.11 Å². The Morgan fingerprint density at radius 3 is 2.91 bits per heavy atom. The van der Waals surface area contributed by atoms with Gasteiger partial charge < -0.3 is 5.11 Å². The standard InChI is InChI=1S/C7H9N3O/c1-3-4-7(11)6-5-8-10(2)9-6/h5,7,11H,1-2H3. The van der Waals surface area contributed by atoms with Gasteiger partial charge in [-0.25, -0.2) is 0 Å². The Morgan fingerprint density at radius 2 is 2.45 bits per heavy atom. The molecule has 1 heterocycles. The molecule has 1 aromatic heterocycles. The maximum Gasteiger partial charge on any atom is 0.160 e. The molecule has 0 spiro atoms. The van der Waals surface area contributed by atoms with Gasteiger partial charge in [0.2, 0.25) is 0 Å². The summed E-state index contributed by atoms with van der Waals surface area (Å²) in [5.41, 5.74) is 0.488. The van der Waals surface area contributed by atoms with Crippen molar-refractivity contribution in [2.75, 3.05) is 0 Å². The van der Waals surface area contributed by atoms with Crippen LogP contribution in [0, 0.1) is 11.8 Å². The smallest absolute Gasteiger partial charge is 0.160 e. The lowest BCUT2D eigenvalue weighted by Crippen LogP contribution is -1.97. The summed E-state index contributed by atoms with van der Waals surface area (Å²) in [6.45, 7) is 1.67. The minimum atomic E-state index is -0.811. The van der Waals surface area contributed by atoms with Gasteiger partial charge in [-0.05, 0) is 6.92 Å². The fraction of sp³-hybridized carbons (Fsp3) is 0.429. The molecule has 1 N–H and O–H groups in total. The lowest BCUT2D eigenvalue weighted by atomic mass is 10.3. The lowest BCUT2D eigenvalue weighted by Gasteiger charge is -1.94. The second-order valence-electron chi connectivity index (χ2n) is 2.06. The van der Waals surface area contributed by atoms with Crippen molar-refractivity contribution in [1.82, 2.24) is 15.0 Å². The topological polar surface area (TPSA) is 50.9 Å². The van der Waals surface area contributed by atoms with Crippen LogP contribution in [0.15, 0.2) is 6.20 Å². The molecule has 0 aliphatic heterocycles. The summed E-state index contributed by atoms with van der Waals surface area (Å²) in [6.07, 6.45) is 0.684. The van der Waals surface area contributed by atoms with Gasteiger partial charge in [0.05, 0.1) is 6.20 Å². The quantitative estimate of drug-likeness (QED) is 0.569. The van der Waals surface area contributed by atoms with Crippen molar-refractivity contribution in [3.8, 4) is 11.8 Å². The Hall–Kier alpha value is -1.34. The van der Waals surface area contributed by atoms with Crippen LogP contribution < -0.4 is 0 Å². The molecule has 0 aliphatic rings. The first kappa shape index (κ1) is 7.76. The number of aliphatic hydroxyl groups excluding tert-OH is 1. The zero-order chi connectivity index (χ0) is 8.27. The van der Waals surface area contributed by atoms with Crippen molar-refractivity contribution in [3.63, 3.8) is 0 Å². The Balaban J connectivity index is 2.81. The number of nitrogens with zero attached hydrogens (tertiary/aromatic N) is 3. The Bertz CT molecular complexity index is 294. The minimum Gasteiger partial charge on any atom is -0.374 e. The van der Waals surface area contributed by atoms with Crippen LogP contribution in [0.25, 0.3) is 0 Å². The van der Waals surface area contributed by atoms with Gasteiger partial charge in [-0.3, -0.25) is 0 Å². The highest BCUT2D eigenvalue weighted by atomic mass is 16.3. The molecule has 0 saturated heterocycles. The highest BCUT2D eigenvalue weighted by molar-refractivity contribution is 5.13. The van der Waals surface area contributed by atoms with Gasteiger partial charge >= 0.3 is 0 Å². The van der Waals surface area contributed by atoms with E-state index >= 15 is 0 Å². The van der Waals surface area contributed by atoms with E-state index in [1.807, 2.05) is 0 Å². The maximum atomic E-state index is 9.24. The van der Waals surface area contributed by atoms with Crippen LogP contribution in [0.1, 0.15) is 18.7 Å². The van der Waals surface area contributed by atoms with E-state index in [4.69, 9.17) is 0 Å². The van der Waals surface area contributed by atoms with Gasteiger partial charge in [0.25, 0.3) is 0 Å². The molecule has 1 atom stereocenters. The van der Waals surface area contributed by atoms with Crippen LogP contribution in [-0.4, -0.2) is 20.1 Å². The van der Waals surface area contributed by atoms with E-state index in [0.29, 0.717) is 5.69 Å². The summed E-state index contributed by atoms with van der Waals surface area (Å²) < 4.78 is 0. The van der Waals surface area contributed by atoms with Crippen molar-refractivity contribution >= 4 is 0 Å². The molecule has 0 bridgehead atoms. The van der Waals surface area contributed by atoms with Crippen molar-refractivity contribution in [3.05, 3.63) is 11.9 Å². The molecule has 11 heavy (non-hydrogen) atoms. The van der Waals surface area contributed by atoms with Crippen molar-refractivity contribution < 1.29 is 5.11 Å². The average molecular weight is 151 g/mol. The van der Waals surface area contributed by atoms with E-state index in [1.165, 1.54) is 11.0 Å². The van der Waals surface area contributed by atoms with Crippen LogP contribution in [-0.2, 0) is 7.05 Å². The molecular weight excluding hydrogens is 142 g/mol. The van der Waals surface area contributed by atoms with Crippen molar-refractivity contribution in [2.45, 2.75) is 13.0 Å². The second-order valence-corrected chi connectivity index (χ2v) is 2.06. The van der Waals surface area contributed by atoms with Crippen LogP contribution in [0.2, 0.25) is 0 Å². The van der Waals surface area contributed by atoms with E-state index in [1.54, 1.807) is 14.0 Å². The average Bonchev–Trinajstić information content (AvgIpc) is 2.36. The van der Waals surface area contributed by atoms with Gasteiger partial charge in [-0.1, -0.05) is 5.92 Å². The van der Waals surface area contributed by atoms with Crippen molar-refractivity contribution in [1.29, 1.82) is 0 Å². The lowest BCUT2D eigenvalue weighted by molar-refractivity contribution is 0.232. The van der Waals surface area contributed by atoms with Crippen LogP contribution in [0.4, 0.5) is 0 Å². The molecular formula is C7H9N3O. The molecule has 0 fully saturated rings. The first-order valence-electron chi connectivity index (χ1n) is 3.20. The van der Waals surface area contributed by atoms with Crippen LogP contribution in [0.3, 0.4) is 0 Å². The molecule has 1 aromatic rings. The molecule has 1 rings (SSSR count). The first-order chi connectivity index (χ1) is 5.24. The molecule has 0 radical (unpaired) electrons. The van der Waals surface area contributed by atoms with E-state index in [2.05, 4.69) is 22.0 Å². The maximum absolute atomic E-state index is 9.24. The summed E-state index contributed by atoms with van der Waals surface area (Å²) in [4.78, 5) is 1.38. The number of hydrogen-bond donors (Lipinski definition) is 1. The molecule has 1 unspecified atom stereocenters. The third kappa shape index (κ3) is 1.79. The Labute approximate surface area is 64.8 Å². The third-order valence-corrected chi connectivity index (χ3v) is 1.18. The summed E-state index contributed by atoms with van der Waals surface area (Å²) in [7, 11) is 1.69. The summed E-state index contributed by atoms with van der Waals surface area (Å²) in [6, 6.07) is 0. The number of aryl methyl sites for hydroxylation is 1. The van der Waals surface area contributed by atoms with E-state index < -0.39 is 6.10 Å². The summed E-state index contributed by atoms with van der Waals surface area (Å²) in [5, 5.41) is 16.9. The van der Waals surface area contributed by atoms with Gasteiger partial charge in [0.1, 0.15) is 5.69 Å². The SMILES string of the molecule is CC#CC(O)c1cnn(C)n1. The van der Waals surface area contributed by atoms with Crippen LogP contribution in [0.5, 0.6) is 0 Å². The van der Waals surface area contributed by atoms with Gasteiger partial charge in [0.15, 0.2) is 6.10 Å². The zero-order valence-electron chi connectivity index (χ0n) is 6.44. The fourth-order valence-corrected chi connectivity index (χ4v) is 0.697. The molecule has 4 heteroatoms. The van der Waals surface area contributed by atoms with E-state index in [-0.39, 0.29) is 0 Å². The molecule has 0 aliphatic carbocycles. The molecule has 0 aromatic carbocycles. The molecule has 0 saturated carbocycles. The number of aliphatic hydroxyl groups is 1. The minimum absolute atomic E-state index is 0.488. The van der Waals surface area contributed by atoms with Gasteiger partial charge in [-0.2, -0.15) is 15.0 Å². The number of aromatic nitrogens is 3. The van der Waals surface area contributed by atoms with Crippen molar-refractivity contribution in [2.24, 2.45) is 7.05 Å². The summed E-state index contributed by atoms with van der Waals surface area (Å²) in [5.74, 6) is 5.16. The molecule has 58 valence electrons. The first-order valence-corrected chi connectivity index (χ1v) is 3.20. The number of rotatable bonds is 1. The Kier molecular flexibility index (Phi) is 2.24. The fourth-order valence-electron chi connectivity index (χ4n) is 0.697. The monoisotopic (exact) mass is 151 g/mol. The third-order valence-electron chi connectivity index (χ3n) is 1.18. The Morgan fingerprint density at radius 1 is 1.73 bits per heavy atom. The second kappa shape index (κ2) is 3.17. The normalized spacial score (nSPS) is 11.9. The summed E-state index contributed by atoms with van der Waals surface area (Å²) >= 11 is 0. The largest absolute Gasteiger partial charge is 0.374 e. The van der Waals surface area contributed by atoms with E-state index in [0.717, 1.165) is 0 Å². The van der Waals surface area contributed by atoms with Gasteiger partial charge in [0, 0.05) is 7.05 Å². The predicted octanol–water partition coefficient (Wildman–Crippen LogP) is -0.128. The number of hydrogen-bond acceptors (Lipinski definition) is 3. The highest BCUT2D eigenvalue weighted by Gasteiger charge is 2.06. The van der Waals surface area contributed by atoms with Gasteiger partial charge in [-0.15, -0.1) is 5.92 Å². The highest BCUT2D eigenvalue weighted by Crippen LogP contribution is 2.04.